The molecule has 2 heterocycles. The van der Waals surface area contributed by atoms with Gasteiger partial charge in [-0.2, -0.15) is 0 Å². The lowest BCUT2D eigenvalue weighted by Gasteiger charge is -2.39. The lowest BCUT2D eigenvalue weighted by molar-refractivity contribution is 0.100. The summed E-state index contributed by atoms with van der Waals surface area (Å²) in [6, 6.07) is 11.6. The monoisotopic (exact) mass is 378 g/mol. The van der Waals surface area contributed by atoms with Crippen LogP contribution in [0.25, 0.3) is 22.4 Å². The van der Waals surface area contributed by atoms with Crippen LogP contribution in [0.5, 0.6) is 0 Å². The molecule has 1 atom stereocenters. The van der Waals surface area contributed by atoms with Gasteiger partial charge in [0, 0.05) is 12.1 Å². The molecule has 1 aliphatic carbocycles. The van der Waals surface area contributed by atoms with Crippen LogP contribution in [0.4, 0.5) is 4.39 Å². The first-order valence-corrected chi connectivity index (χ1v) is 9.96. The number of primary amides is 1. The second-order valence-corrected chi connectivity index (χ2v) is 7.87. The zero-order chi connectivity index (χ0) is 19.3. The van der Waals surface area contributed by atoms with Crippen LogP contribution in [0, 0.1) is 5.82 Å². The van der Waals surface area contributed by atoms with Gasteiger partial charge in [-0.05, 0) is 62.1 Å². The number of hydrogen-bond acceptors (Lipinski definition) is 3. The van der Waals surface area contributed by atoms with E-state index in [0.717, 1.165) is 18.5 Å². The number of benzene rings is 2. The van der Waals surface area contributed by atoms with E-state index in [1.807, 2.05) is 6.07 Å². The third kappa shape index (κ3) is 2.79. The maximum Gasteiger partial charge on any atom is 0.250 e. The SMILES string of the molecule is NC(=O)c1cccc2[nH]c(-c3ccc(C4CCCN4C4CCC4)cc3F)nc12. The van der Waals surface area contributed by atoms with Crippen molar-refractivity contribution in [3.05, 3.63) is 53.3 Å². The first kappa shape index (κ1) is 17.4. The van der Waals surface area contributed by atoms with E-state index in [0.29, 0.717) is 40.1 Å². The normalized spacial score (nSPS) is 20.5. The number of para-hydroxylation sites is 1. The van der Waals surface area contributed by atoms with Gasteiger partial charge in [0.2, 0.25) is 0 Å². The molecule has 0 radical (unpaired) electrons. The van der Waals surface area contributed by atoms with Crippen LogP contribution in [0.3, 0.4) is 0 Å². The van der Waals surface area contributed by atoms with Gasteiger partial charge in [0.15, 0.2) is 0 Å². The van der Waals surface area contributed by atoms with E-state index >= 15 is 4.39 Å². The maximum atomic E-state index is 15.0. The van der Waals surface area contributed by atoms with E-state index in [9.17, 15) is 4.79 Å². The van der Waals surface area contributed by atoms with Crippen LogP contribution in [0.1, 0.15) is 54.1 Å². The number of rotatable bonds is 4. The smallest absolute Gasteiger partial charge is 0.250 e. The number of carbonyl (C=O) groups is 1. The fourth-order valence-electron chi connectivity index (χ4n) is 4.59. The molecule has 2 fully saturated rings. The van der Waals surface area contributed by atoms with Gasteiger partial charge in [-0.15, -0.1) is 0 Å². The minimum absolute atomic E-state index is 0.294. The van der Waals surface area contributed by atoms with Crippen molar-refractivity contribution in [2.75, 3.05) is 6.54 Å². The van der Waals surface area contributed by atoms with E-state index in [2.05, 4.69) is 14.9 Å². The van der Waals surface area contributed by atoms with Gasteiger partial charge < -0.3 is 10.7 Å². The molecule has 0 bridgehead atoms. The Bertz CT molecular complexity index is 1060. The fourth-order valence-corrected chi connectivity index (χ4v) is 4.59. The van der Waals surface area contributed by atoms with Crippen LogP contribution in [-0.2, 0) is 0 Å². The molecule has 5 rings (SSSR count). The summed E-state index contributed by atoms with van der Waals surface area (Å²) in [4.78, 5) is 21.7. The Hall–Kier alpha value is -2.73. The van der Waals surface area contributed by atoms with Gasteiger partial charge in [-0.1, -0.05) is 18.6 Å². The molecular weight excluding hydrogens is 355 g/mol. The number of nitrogens with zero attached hydrogens (tertiary/aromatic N) is 2. The van der Waals surface area contributed by atoms with Crippen molar-refractivity contribution >= 4 is 16.9 Å². The minimum Gasteiger partial charge on any atom is -0.366 e. The number of amides is 1. The number of likely N-dealkylation sites (tertiary alicyclic amines) is 1. The molecule has 28 heavy (non-hydrogen) atoms. The largest absolute Gasteiger partial charge is 0.366 e. The average Bonchev–Trinajstić information content (AvgIpc) is 3.26. The zero-order valence-electron chi connectivity index (χ0n) is 15.6. The number of carbonyl (C=O) groups excluding carboxylic acids is 1. The molecule has 1 saturated carbocycles. The van der Waals surface area contributed by atoms with E-state index in [1.165, 1.54) is 25.7 Å². The standard InChI is InChI=1S/C22H23FN4O/c23-17-12-13(19-8-3-11-27(19)14-4-1-5-14)9-10-15(17)22-25-18-7-2-6-16(21(24)28)20(18)26-22/h2,6-7,9-10,12,14,19H,1,3-5,8,11H2,(H2,24,28)(H,25,26). The number of nitrogens with one attached hydrogen (secondary N) is 1. The van der Waals surface area contributed by atoms with Crippen LogP contribution in [-0.4, -0.2) is 33.4 Å². The van der Waals surface area contributed by atoms with E-state index in [4.69, 9.17) is 5.73 Å². The highest BCUT2D eigenvalue weighted by molar-refractivity contribution is 6.04. The Kier molecular flexibility index (Phi) is 4.16. The first-order chi connectivity index (χ1) is 13.6. The molecule has 0 spiro atoms. The fraction of sp³-hybridized carbons (Fsp3) is 0.364. The molecule has 3 N–H and O–H groups in total. The highest BCUT2D eigenvalue weighted by atomic mass is 19.1. The number of halogens is 1. The highest BCUT2D eigenvalue weighted by Crippen LogP contribution is 2.40. The molecule has 2 aromatic carbocycles. The summed E-state index contributed by atoms with van der Waals surface area (Å²) in [6.45, 7) is 1.11. The molecule has 1 unspecified atom stereocenters. The topological polar surface area (TPSA) is 75.0 Å². The van der Waals surface area contributed by atoms with Crippen LogP contribution < -0.4 is 5.73 Å². The lowest BCUT2D eigenvalue weighted by atomic mass is 9.90. The minimum atomic E-state index is -0.545. The van der Waals surface area contributed by atoms with Crippen molar-refractivity contribution < 1.29 is 9.18 Å². The summed E-state index contributed by atoms with van der Waals surface area (Å²) < 4.78 is 15.0. The van der Waals surface area contributed by atoms with Crippen molar-refractivity contribution in [1.29, 1.82) is 0 Å². The maximum absolute atomic E-state index is 15.0. The Morgan fingerprint density at radius 1 is 1.18 bits per heavy atom. The number of hydrogen-bond donors (Lipinski definition) is 2. The van der Waals surface area contributed by atoms with Crippen molar-refractivity contribution in [1.82, 2.24) is 14.9 Å². The number of imidazole rings is 1. The predicted octanol–water partition coefficient (Wildman–Crippen LogP) is 4.16. The van der Waals surface area contributed by atoms with Crippen LogP contribution in [0.15, 0.2) is 36.4 Å². The molecular formula is C22H23FN4O. The van der Waals surface area contributed by atoms with Gasteiger partial charge >= 0.3 is 0 Å². The van der Waals surface area contributed by atoms with E-state index in [1.54, 1.807) is 30.3 Å². The van der Waals surface area contributed by atoms with Gasteiger partial charge in [0.25, 0.3) is 5.91 Å². The number of aromatic amines is 1. The Morgan fingerprint density at radius 3 is 2.75 bits per heavy atom. The molecule has 3 aromatic rings. The molecule has 2 aliphatic rings. The van der Waals surface area contributed by atoms with Gasteiger partial charge in [-0.25, -0.2) is 9.37 Å². The molecule has 6 heteroatoms. The number of aromatic nitrogens is 2. The summed E-state index contributed by atoms with van der Waals surface area (Å²) in [5.74, 6) is -0.426. The molecule has 1 amide bonds. The van der Waals surface area contributed by atoms with Gasteiger partial charge in [-0.3, -0.25) is 9.69 Å². The third-order valence-corrected chi connectivity index (χ3v) is 6.25. The lowest BCUT2D eigenvalue weighted by Crippen LogP contribution is -2.39. The predicted molar refractivity (Wildman–Crippen MR) is 106 cm³/mol. The van der Waals surface area contributed by atoms with Gasteiger partial charge in [0.1, 0.15) is 17.2 Å². The van der Waals surface area contributed by atoms with E-state index < -0.39 is 5.91 Å². The number of H-pyrrole nitrogens is 1. The second-order valence-electron chi connectivity index (χ2n) is 7.87. The highest BCUT2D eigenvalue weighted by Gasteiger charge is 2.34. The van der Waals surface area contributed by atoms with Crippen molar-refractivity contribution in [3.8, 4) is 11.4 Å². The average molecular weight is 378 g/mol. The summed E-state index contributed by atoms with van der Waals surface area (Å²) in [6.07, 6.45) is 6.09. The van der Waals surface area contributed by atoms with Crippen molar-refractivity contribution in [2.45, 2.75) is 44.2 Å². The number of fused-ring (bicyclic) bond motifs is 1. The molecule has 1 saturated heterocycles. The van der Waals surface area contributed by atoms with Crippen LogP contribution in [0.2, 0.25) is 0 Å². The summed E-state index contributed by atoms with van der Waals surface area (Å²) in [5.41, 5.74) is 8.35. The third-order valence-electron chi connectivity index (χ3n) is 6.25. The molecule has 1 aromatic heterocycles. The Morgan fingerprint density at radius 2 is 2.04 bits per heavy atom. The van der Waals surface area contributed by atoms with E-state index in [-0.39, 0.29) is 5.82 Å². The van der Waals surface area contributed by atoms with Crippen molar-refractivity contribution in [2.24, 2.45) is 5.73 Å². The zero-order valence-corrected chi connectivity index (χ0v) is 15.6. The molecule has 144 valence electrons. The van der Waals surface area contributed by atoms with Gasteiger partial charge in [0.05, 0.1) is 16.6 Å². The Balaban J connectivity index is 1.49. The first-order valence-electron chi connectivity index (χ1n) is 9.96. The molecule has 5 nitrogen and oxygen atoms in total. The van der Waals surface area contributed by atoms with Crippen LogP contribution >= 0.6 is 0 Å². The number of nitrogens with two attached hydrogens (primary N) is 1. The van der Waals surface area contributed by atoms with Crippen molar-refractivity contribution in [3.63, 3.8) is 0 Å². The summed E-state index contributed by atoms with van der Waals surface area (Å²) in [5, 5.41) is 0. The Labute approximate surface area is 162 Å². The second kappa shape index (κ2) is 6.71. The summed E-state index contributed by atoms with van der Waals surface area (Å²) in [7, 11) is 0. The molecule has 1 aliphatic heterocycles. The summed E-state index contributed by atoms with van der Waals surface area (Å²) >= 11 is 0. The quantitative estimate of drug-likeness (QED) is 0.716.